The molecule has 3 aromatic rings. The number of hydrogen-bond donors (Lipinski definition) is 1. The molecule has 1 aliphatic rings. The van der Waals surface area contributed by atoms with Gasteiger partial charge in [-0.1, -0.05) is 36.4 Å². The molecule has 0 spiro atoms. The molecule has 0 aromatic heterocycles. The fraction of sp³-hybridized carbons (Fsp3) is 0.208. The Morgan fingerprint density at radius 3 is 2.45 bits per heavy atom. The Morgan fingerprint density at radius 2 is 1.74 bits per heavy atom. The van der Waals surface area contributed by atoms with Crippen molar-refractivity contribution in [3.05, 3.63) is 95.1 Å². The Labute approximate surface area is 182 Å². The van der Waals surface area contributed by atoms with Crippen LogP contribution in [0, 0.1) is 0 Å². The van der Waals surface area contributed by atoms with Crippen LogP contribution in [0.4, 0.5) is 5.69 Å². The minimum Gasteiger partial charge on any atom is -0.497 e. The van der Waals surface area contributed by atoms with Gasteiger partial charge in [0.05, 0.1) is 12.9 Å². The standard InChI is InChI=1S/C24H24N2O4S/c1-30-23-11-7-18(8-12-23)17-31(28,29)25-22-10-9-19-13-14-26(16-21(19)15-22)24(27)20-5-3-2-4-6-20/h2-12,15,25H,13-14,16-17H2,1H3. The molecule has 0 radical (unpaired) electrons. The van der Waals surface area contributed by atoms with E-state index in [2.05, 4.69) is 4.72 Å². The lowest BCUT2D eigenvalue weighted by Gasteiger charge is -2.29. The van der Waals surface area contributed by atoms with Gasteiger partial charge in [0.15, 0.2) is 0 Å². The molecule has 0 aliphatic carbocycles. The highest BCUT2D eigenvalue weighted by molar-refractivity contribution is 7.91. The van der Waals surface area contributed by atoms with E-state index < -0.39 is 10.0 Å². The van der Waals surface area contributed by atoms with Gasteiger partial charge in [-0.3, -0.25) is 9.52 Å². The van der Waals surface area contributed by atoms with E-state index >= 15 is 0 Å². The van der Waals surface area contributed by atoms with Crippen LogP contribution in [0.1, 0.15) is 27.0 Å². The molecule has 6 nitrogen and oxygen atoms in total. The third-order valence-corrected chi connectivity index (χ3v) is 6.58. The van der Waals surface area contributed by atoms with E-state index in [-0.39, 0.29) is 11.7 Å². The van der Waals surface area contributed by atoms with Crippen molar-refractivity contribution in [2.45, 2.75) is 18.7 Å². The second-order valence-corrected chi connectivity index (χ2v) is 9.26. The molecule has 7 heteroatoms. The Kier molecular flexibility index (Phi) is 5.95. The summed E-state index contributed by atoms with van der Waals surface area (Å²) in [7, 11) is -2.01. The monoisotopic (exact) mass is 436 g/mol. The van der Waals surface area contributed by atoms with Gasteiger partial charge in [0.25, 0.3) is 5.91 Å². The number of hydrogen-bond acceptors (Lipinski definition) is 4. The van der Waals surface area contributed by atoms with Gasteiger partial charge < -0.3 is 9.64 Å². The maximum atomic E-state index is 12.8. The van der Waals surface area contributed by atoms with Gasteiger partial charge in [0.2, 0.25) is 10.0 Å². The highest BCUT2D eigenvalue weighted by atomic mass is 32.2. The first-order valence-electron chi connectivity index (χ1n) is 10.0. The van der Waals surface area contributed by atoms with Crippen LogP contribution in [0.5, 0.6) is 5.75 Å². The number of carbonyl (C=O) groups excluding carboxylic acids is 1. The van der Waals surface area contributed by atoms with E-state index in [9.17, 15) is 13.2 Å². The number of carbonyl (C=O) groups is 1. The number of fused-ring (bicyclic) bond motifs is 1. The first-order valence-corrected chi connectivity index (χ1v) is 11.7. The lowest BCUT2D eigenvalue weighted by Crippen LogP contribution is -2.36. The number of anilines is 1. The Hall–Kier alpha value is -3.32. The summed E-state index contributed by atoms with van der Waals surface area (Å²) in [4.78, 5) is 14.6. The van der Waals surface area contributed by atoms with Crippen LogP contribution in [0.25, 0.3) is 0 Å². The van der Waals surface area contributed by atoms with Gasteiger partial charge in [-0.2, -0.15) is 0 Å². The van der Waals surface area contributed by atoms with Gasteiger partial charge in [-0.15, -0.1) is 0 Å². The Balaban J connectivity index is 1.47. The first kappa shape index (κ1) is 20.9. The lowest BCUT2D eigenvalue weighted by molar-refractivity contribution is 0.0734. The van der Waals surface area contributed by atoms with Crippen molar-refractivity contribution >= 4 is 21.6 Å². The molecule has 0 saturated carbocycles. The summed E-state index contributed by atoms with van der Waals surface area (Å²) < 4.78 is 33.1. The molecule has 0 atom stereocenters. The van der Waals surface area contributed by atoms with Crippen molar-refractivity contribution in [2.24, 2.45) is 0 Å². The molecule has 3 aromatic carbocycles. The van der Waals surface area contributed by atoms with Crippen molar-refractivity contribution < 1.29 is 17.9 Å². The number of sulfonamides is 1. The molecule has 1 amide bonds. The minimum atomic E-state index is -3.58. The largest absolute Gasteiger partial charge is 0.497 e. The van der Waals surface area contributed by atoms with E-state index in [4.69, 9.17) is 4.74 Å². The fourth-order valence-corrected chi connectivity index (χ4v) is 4.90. The zero-order chi connectivity index (χ0) is 21.8. The van der Waals surface area contributed by atoms with Crippen LogP contribution < -0.4 is 9.46 Å². The number of nitrogens with zero attached hydrogens (tertiary/aromatic N) is 1. The van der Waals surface area contributed by atoms with Crippen molar-refractivity contribution in [2.75, 3.05) is 18.4 Å². The quantitative estimate of drug-likeness (QED) is 0.637. The van der Waals surface area contributed by atoms with Crippen molar-refractivity contribution in [1.29, 1.82) is 0 Å². The topological polar surface area (TPSA) is 75.7 Å². The van der Waals surface area contributed by atoms with Crippen LogP contribution in [0.15, 0.2) is 72.8 Å². The molecule has 0 saturated heterocycles. The summed E-state index contributed by atoms with van der Waals surface area (Å²) in [6.07, 6.45) is 0.743. The van der Waals surface area contributed by atoms with E-state index in [0.717, 1.165) is 17.5 Å². The molecule has 4 rings (SSSR count). The average Bonchev–Trinajstić information content (AvgIpc) is 2.78. The molecule has 31 heavy (non-hydrogen) atoms. The smallest absolute Gasteiger partial charge is 0.254 e. The van der Waals surface area contributed by atoms with E-state index in [1.54, 1.807) is 42.3 Å². The zero-order valence-electron chi connectivity index (χ0n) is 17.2. The third kappa shape index (κ3) is 5.06. The van der Waals surface area contributed by atoms with Crippen molar-refractivity contribution in [1.82, 2.24) is 4.90 Å². The Morgan fingerprint density at radius 1 is 1.00 bits per heavy atom. The maximum Gasteiger partial charge on any atom is 0.254 e. The van der Waals surface area contributed by atoms with E-state index in [1.165, 1.54) is 0 Å². The predicted octanol–water partition coefficient (Wildman–Crippen LogP) is 3.84. The first-order chi connectivity index (χ1) is 14.9. The number of amides is 1. The molecule has 1 aliphatic heterocycles. The summed E-state index contributed by atoms with van der Waals surface area (Å²) in [6.45, 7) is 1.10. The van der Waals surface area contributed by atoms with Crippen molar-refractivity contribution in [3.63, 3.8) is 0 Å². The molecule has 1 heterocycles. The molecular weight excluding hydrogens is 412 g/mol. The van der Waals surface area contributed by atoms with Gasteiger partial charge in [-0.25, -0.2) is 8.42 Å². The minimum absolute atomic E-state index is 0.0169. The average molecular weight is 437 g/mol. The van der Waals surface area contributed by atoms with Crippen LogP contribution in [-0.4, -0.2) is 32.9 Å². The maximum absolute atomic E-state index is 12.8. The molecule has 0 bridgehead atoms. The SMILES string of the molecule is COc1ccc(CS(=O)(=O)Nc2ccc3c(c2)CN(C(=O)c2ccccc2)CC3)cc1. The highest BCUT2D eigenvalue weighted by Gasteiger charge is 2.22. The number of ether oxygens (including phenoxy) is 1. The van der Waals surface area contributed by atoms with E-state index in [1.807, 2.05) is 42.5 Å². The fourth-order valence-electron chi connectivity index (χ4n) is 3.71. The number of benzene rings is 3. The summed E-state index contributed by atoms with van der Waals surface area (Å²) >= 11 is 0. The highest BCUT2D eigenvalue weighted by Crippen LogP contribution is 2.25. The summed E-state index contributed by atoms with van der Waals surface area (Å²) in [6, 6.07) is 21.7. The summed E-state index contributed by atoms with van der Waals surface area (Å²) in [5.74, 6) is 0.530. The van der Waals surface area contributed by atoms with Gasteiger partial charge in [0, 0.05) is 24.3 Å². The molecule has 160 valence electrons. The molecular formula is C24H24N2O4S. The van der Waals surface area contributed by atoms with Crippen LogP contribution in [0.3, 0.4) is 0 Å². The number of rotatable bonds is 6. The zero-order valence-corrected chi connectivity index (χ0v) is 18.1. The third-order valence-electron chi connectivity index (χ3n) is 5.32. The van der Waals surface area contributed by atoms with Crippen LogP contribution >= 0.6 is 0 Å². The molecule has 1 N–H and O–H groups in total. The second-order valence-electron chi connectivity index (χ2n) is 7.54. The van der Waals surface area contributed by atoms with Gasteiger partial charge >= 0.3 is 0 Å². The normalized spacial score (nSPS) is 13.4. The molecule has 0 fully saturated rings. The van der Waals surface area contributed by atoms with Crippen LogP contribution in [0.2, 0.25) is 0 Å². The van der Waals surface area contributed by atoms with E-state index in [0.29, 0.717) is 35.7 Å². The number of methoxy groups -OCH3 is 1. The second kappa shape index (κ2) is 8.81. The predicted molar refractivity (Wildman–Crippen MR) is 121 cm³/mol. The summed E-state index contributed by atoms with van der Waals surface area (Å²) in [5, 5.41) is 0. The van der Waals surface area contributed by atoms with Crippen molar-refractivity contribution in [3.8, 4) is 5.75 Å². The van der Waals surface area contributed by atoms with Gasteiger partial charge in [-0.05, 0) is 59.5 Å². The molecule has 0 unspecified atom stereocenters. The number of nitrogens with one attached hydrogen (secondary N) is 1. The summed E-state index contributed by atoms with van der Waals surface area (Å²) in [5.41, 5.74) is 3.92. The lowest BCUT2D eigenvalue weighted by atomic mass is 9.98. The Bertz CT molecular complexity index is 1180. The van der Waals surface area contributed by atoms with Gasteiger partial charge in [0.1, 0.15) is 5.75 Å². The van der Waals surface area contributed by atoms with Crippen LogP contribution in [-0.2, 0) is 28.7 Å².